The average Bonchev–Trinajstić information content (AvgIpc) is 3.49. The monoisotopic (exact) mass is 435 g/mol. The average molecular weight is 436 g/mol. The molecule has 1 saturated heterocycles. The maximum absolute atomic E-state index is 12.7. The van der Waals surface area contributed by atoms with E-state index in [2.05, 4.69) is 44.5 Å². The molecule has 2 aliphatic heterocycles. The van der Waals surface area contributed by atoms with E-state index in [-0.39, 0.29) is 17.4 Å². The predicted molar refractivity (Wildman–Crippen MR) is 125 cm³/mol. The van der Waals surface area contributed by atoms with Gasteiger partial charge in [-0.05, 0) is 49.1 Å². The van der Waals surface area contributed by atoms with Gasteiger partial charge in [0.1, 0.15) is 0 Å². The molecule has 1 aliphatic carbocycles. The molecule has 1 aromatic carbocycles. The zero-order chi connectivity index (χ0) is 21.9. The zero-order valence-electron chi connectivity index (χ0n) is 18.7. The minimum absolute atomic E-state index is 0.0224. The highest BCUT2D eigenvalue weighted by molar-refractivity contribution is 5.80. The number of fused-ring (bicyclic) bond motifs is 1. The molecule has 7 heteroatoms. The van der Waals surface area contributed by atoms with Crippen molar-refractivity contribution < 1.29 is 4.79 Å². The van der Waals surface area contributed by atoms with Crippen molar-refractivity contribution in [1.29, 1.82) is 0 Å². The van der Waals surface area contributed by atoms with E-state index in [1.807, 2.05) is 0 Å². The number of nitrogens with zero attached hydrogens (tertiary/aromatic N) is 4. The van der Waals surface area contributed by atoms with Crippen molar-refractivity contribution >= 4 is 11.6 Å². The molecule has 0 radical (unpaired) electrons. The van der Waals surface area contributed by atoms with Crippen molar-refractivity contribution in [3.05, 3.63) is 58.0 Å². The van der Waals surface area contributed by atoms with Crippen molar-refractivity contribution in [2.75, 3.05) is 37.6 Å². The number of anilines is 1. The second kappa shape index (κ2) is 9.45. The number of carbonyl (C=O) groups excluding carboxylic acids is 1. The highest BCUT2D eigenvalue weighted by Crippen LogP contribution is 2.30. The Balaban J connectivity index is 1.04. The topological polar surface area (TPSA) is 70.5 Å². The van der Waals surface area contributed by atoms with Gasteiger partial charge >= 0.3 is 0 Å². The number of hydrogen-bond donors (Lipinski definition) is 1. The van der Waals surface area contributed by atoms with Crippen LogP contribution >= 0.6 is 0 Å². The first kappa shape index (κ1) is 21.2. The number of aromatic nitrogens is 2. The third-order valence-electron chi connectivity index (χ3n) is 7.07. The molecule has 170 valence electrons. The van der Waals surface area contributed by atoms with E-state index in [9.17, 15) is 9.59 Å². The van der Waals surface area contributed by atoms with Crippen LogP contribution in [0, 0.1) is 11.8 Å². The van der Waals surface area contributed by atoms with Crippen LogP contribution in [0.2, 0.25) is 0 Å². The fourth-order valence-electron chi connectivity index (χ4n) is 4.89. The lowest BCUT2D eigenvalue weighted by Gasteiger charge is -2.28. The molecule has 32 heavy (non-hydrogen) atoms. The Kier molecular flexibility index (Phi) is 6.26. The van der Waals surface area contributed by atoms with E-state index >= 15 is 0 Å². The summed E-state index contributed by atoms with van der Waals surface area (Å²) in [5, 5.41) is 7.48. The van der Waals surface area contributed by atoms with Gasteiger partial charge in [-0.3, -0.25) is 14.5 Å². The van der Waals surface area contributed by atoms with E-state index in [0.29, 0.717) is 19.0 Å². The number of benzene rings is 1. The molecule has 1 saturated carbocycles. The molecule has 5 rings (SSSR count). The standard InChI is InChI=1S/C25H33N5O2/c31-24-14-23(15-27-30(24)16-19-6-7-19)29-13-9-22(18-29)25(32)26-10-3-11-28-12-8-20-4-1-2-5-21(20)17-28/h1-2,4-5,14-15,19,22H,3,6-13,16-18H2,(H,26,32). The molecule has 3 aliphatic rings. The van der Waals surface area contributed by atoms with Crippen molar-refractivity contribution in [1.82, 2.24) is 20.0 Å². The molecule has 2 aromatic rings. The summed E-state index contributed by atoms with van der Waals surface area (Å²) >= 11 is 0. The fraction of sp³-hybridized carbons (Fsp3) is 0.560. The van der Waals surface area contributed by atoms with Gasteiger partial charge in [-0.1, -0.05) is 24.3 Å². The lowest BCUT2D eigenvalue weighted by Crippen LogP contribution is -2.36. The maximum atomic E-state index is 12.7. The summed E-state index contributed by atoms with van der Waals surface area (Å²) < 4.78 is 1.57. The summed E-state index contributed by atoms with van der Waals surface area (Å²) in [6.45, 7) is 6.00. The lowest BCUT2D eigenvalue weighted by atomic mass is 10.00. The van der Waals surface area contributed by atoms with Gasteiger partial charge in [-0.15, -0.1) is 0 Å². The molecule has 7 nitrogen and oxygen atoms in total. The Bertz CT molecular complexity index is 1020. The first-order valence-corrected chi connectivity index (χ1v) is 12.0. The van der Waals surface area contributed by atoms with E-state index in [1.54, 1.807) is 16.9 Å². The Hall–Kier alpha value is -2.67. The van der Waals surface area contributed by atoms with Gasteiger partial charge in [0.05, 0.1) is 17.8 Å². The Morgan fingerprint density at radius 3 is 2.78 bits per heavy atom. The van der Waals surface area contributed by atoms with E-state index in [1.165, 1.54) is 24.0 Å². The number of carbonyl (C=O) groups is 1. The molecule has 1 N–H and O–H groups in total. The molecule has 3 heterocycles. The summed E-state index contributed by atoms with van der Waals surface area (Å²) in [4.78, 5) is 29.6. The molecule has 1 aromatic heterocycles. The summed E-state index contributed by atoms with van der Waals surface area (Å²) in [6.07, 6.45) is 7.07. The quantitative estimate of drug-likeness (QED) is 0.643. The highest BCUT2D eigenvalue weighted by atomic mass is 16.2. The summed E-state index contributed by atoms with van der Waals surface area (Å²) in [7, 11) is 0. The number of amides is 1. The normalized spacial score (nSPS) is 20.9. The van der Waals surface area contributed by atoms with Gasteiger partial charge in [-0.25, -0.2) is 4.68 Å². The first-order valence-electron chi connectivity index (χ1n) is 12.0. The van der Waals surface area contributed by atoms with Crippen LogP contribution in [0.4, 0.5) is 5.69 Å². The van der Waals surface area contributed by atoms with Crippen LogP contribution in [-0.4, -0.2) is 53.3 Å². The zero-order valence-corrected chi connectivity index (χ0v) is 18.7. The van der Waals surface area contributed by atoms with Crippen molar-refractivity contribution in [3.63, 3.8) is 0 Å². The Morgan fingerprint density at radius 1 is 1.12 bits per heavy atom. The lowest BCUT2D eigenvalue weighted by molar-refractivity contribution is -0.124. The summed E-state index contributed by atoms with van der Waals surface area (Å²) in [5.74, 6) is 0.730. The molecule has 0 bridgehead atoms. The van der Waals surface area contributed by atoms with Crippen LogP contribution in [0.1, 0.15) is 36.8 Å². The van der Waals surface area contributed by atoms with Crippen LogP contribution in [0.3, 0.4) is 0 Å². The largest absolute Gasteiger partial charge is 0.369 e. The van der Waals surface area contributed by atoms with E-state index in [4.69, 9.17) is 0 Å². The van der Waals surface area contributed by atoms with Crippen LogP contribution in [-0.2, 0) is 24.3 Å². The van der Waals surface area contributed by atoms with Crippen LogP contribution < -0.4 is 15.8 Å². The second-order valence-corrected chi connectivity index (χ2v) is 9.55. The molecule has 2 fully saturated rings. The Labute approximate surface area is 189 Å². The SMILES string of the molecule is O=C(NCCCN1CCc2ccccc2C1)C1CCN(c2cnn(CC3CC3)c(=O)c2)C1. The van der Waals surface area contributed by atoms with Crippen molar-refractivity contribution in [2.24, 2.45) is 11.8 Å². The van der Waals surface area contributed by atoms with Gasteiger partial charge in [0.25, 0.3) is 5.56 Å². The second-order valence-electron chi connectivity index (χ2n) is 9.55. The van der Waals surface area contributed by atoms with Crippen molar-refractivity contribution in [3.8, 4) is 0 Å². The van der Waals surface area contributed by atoms with Gasteiger partial charge in [0, 0.05) is 51.9 Å². The molecule has 1 amide bonds. The van der Waals surface area contributed by atoms with Gasteiger partial charge in [0.2, 0.25) is 5.91 Å². The fourth-order valence-corrected chi connectivity index (χ4v) is 4.89. The van der Waals surface area contributed by atoms with Crippen LogP contribution in [0.25, 0.3) is 0 Å². The summed E-state index contributed by atoms with van der Waals surface area (Å²) in [6, 6.07) is 10.4. The third kappa shape index (κ3) is 5.04. The Morgan fingerprint density at radius 2 is 1.97 bits per heavy atom. The van der Waals surface area contributed by atoms with E-state index in [0.717, 1.165) is 57.7 Å². The molecular formula is C25H33N5O2. The first-order chi connectivity index (χ1) is 15.7. The van der Waals surface area contributed by atoms with Gasteiger partial charge in [0.15, 0.2) is 0 Å². The molecule has 0 spiro atoms. The minimum Gasteiger partial charge on any atom is -0.369 e. The third-order valence-corrected chi connectivity index (χ3v) is 7.07. The maximum Gasteiger partial charge on any atom is 0.268 e. The molecule has 1 atom stereocenters. The van der Waals surface area contributed by atoms with Crippen LogP contribution in [0.15, 0.2) is 41.3 Å². The predicted octanol–water partition coefficient (Wildman–Crippen LogP) is 2.04. The smallest absolute Gasteiger partial charge is 0.268 e. The number of hydrogen-bond acceptors (Lipinski definition) is 5. The number of nitrogens with one attached hydrogen (secondary N) is 1. The van der Waals surface area contributed by atoms with Gasteiger partial charge < -0.3 is 10.2 Å². The van der Waals surface area contributed by atoms with Crippen LogP contribution in [0.5, 0.6) is 0 Å². The number of rotatable bonds is 8. The molecule has 1 unspecified atom stereocenters. The highest BCUT2D eigenvalue weighted by Gasteiger charge is 2.29. The minimum atomic E-state index is -0.0392. The van der Waals surface area contributed by atoms with Crippen molar-refractivity contribution in [2.45, 2.75) is 45.2 Å². The molecular weight excluding hydrogens is 402 g/mol. The van der Waals surface area contributed by atoms with Gasteiger partial charge in [-0.2, -0.15) is 5.10 Å². The summed E-state index contributed by atoms with van der Waals surface area (Å²) in [5.41, 5.74) is 3.70. The van der Waals surface area contributed by atoms with E-state index < -0.39 is 0 Å².